The van der Waals surface area contributed by atoms with Gasteiger partial charge in [-0.25, -0.2) is 9.18 Å². The highest BCUT2D eigenvalue weighted by molar-refractivity contribution is 6.31. The van der Waals surface area contributed by atoms with Crippen molar-refractivity contribution < 1.29 is 14.3 Å². The number of aromatic nitrogens is 2. The highest BCUT2D eigenvalue weighted by atomic mass is 35.5. The van der Waals surface area contributed by atoms with Crippen LogP contribution in [0.15, 0.2) is 36.4 Å². The van der Waals surface area contributed by atoms with Crippen LogP contribution in [-0.2, 0) is 6.54 Å². The Hall–Kier alpha value is -2.60. The molecule has 1 heterocycles. The fourth-order valence-electron chi connectivity index (χ4n) is 2.53. The first kappa shape index (κ1) is 16.3. The van der Waals surface area contributed by atoms with Crippen molar-refractivity contribution >= 4 is 34.2 Å². The summed E-state index contributed by atoms with van der Waals surface area (Å²) in [6, 6.07) is 9.56. The number of carboxylic acids is 1. The zero-order valence-electron chi connectivity index (χ0n) is 13.1. The number of carboxylic acid groups (broad SMARTS) is 1. The molecule has 0 aliphatic rings. The van der Waals surface area contributed by atoms with Crippen molar-refractivity contribution in [2.24, 2.45) is 0 Å². The molecule has 0 fully saturated rings. The Labute approximate surface area is 142 Å². The van der Waals surface area contributed by atoms with Crippen molar-refractivity contribution in [3.63, 3.8) is 0 Å². The molecule has 0 spiro atoms. The van der Waals surface area contributed by atoms with E-state index in [1.807, 2.05) is 31.1 Å². The second-order valence-electron chi connectivity index (χ2n) is 5.64. The van der Waals surface area contributed by atoms with Gasteiger partial charge in [0.15, 0.2) is 5.69 Å². The predicted molar refractivity (Wildman–Crippen MR) is 91.5 cm³/mol. The smallest absolute Gasteiger partial charge is 0.357 e. The maximum atomic E-state index is 13.2. The molecule has 0 saturated heterocycles. The van der Waals surface area contributed by atoms with Gasteiger partial charge in [0.1, 0.15) is 5.82 Å². The molecule has 2 aromatic carbocycles. The summed E-state index contributed by atoms with van der Waals surface area (Å²) in [5, 5.41) is 14.4. The Bertz CT molecular complexity index is 937. The number of halogens is 2. The van der Waals surface area contributed by atoms with Crippen LogP contribution in [0.3, 0.4) is 0 Å². The van der Waals surface area contributed by atoms with E-state index in [1.54, 1.807) is 16.8 Å². The molecule has 7 heteroatoms. The first-order valence-corrected chi connectivity index (χ1v) is 7.59. The number of hydrogen-bond donors (Lipinski definition) is 1. The number of benzene rings is 2. The van der Waals surface area contributed by atoms with E-state index in [-0.39, 0.29) is 17.3 Å². The maximum absolute atomic E-state index is 13.2. The highest BCUT2D eigenvalue weighted by Crippen LogP contribution is 2.26. The first-order valence-electron chi connectivity index (χ1n) is 7.22. The van der Waals surface area contributed by atoms with Gasteiger partial charge in [0, 0.05) is 30.2 Å². The third-order valence-electron chi connectivity index (χ3n) is 3.79. The molecule has 0 unspecified atom stereocenters. The lowest BCUT2D eigenvalue weighted by molar-refractivity contribution is 0.0691. The molecule has 0 amide bonds. The summed E-state index contributed by atoms with van der Waals surface area (Å²) < 4.78 is 14.8. The Kier molecular flexibility index (Phi) is 4.15. The minimum Gasteiger partial charge on any atom is -0.476 e. The zero-order valence-corrected chi connectivity index (χ0v) is 13.9. The third kappa shape index (κ3) is 2.92. The Balaban J connectivity index is 2.15. The normalized spacial score (nSPS) is 11.0. The van der Waals surface area contributed by atoms with Crippen LogP contribution in [0, 0.1) is 5.82 Å². The molecule has 24 heavy (non-hydrogen) atoms. The van der Waals surface area contributed by atoms with Gasteiger partial charge in [-0.2, -0.15) is 5.10 Å². The molecule has 0 saturated carbocycles. The standard InChI is InChI=1S/C17H15ClFN3O2/c1-21(2)12-5-6-13-15(8-12)22(20-16(13)17(23)24)9-10-3-4-11(19)7-14(10)18/h3-8H,9H2,1-2H3,(H,23,24). The largest absolute Gasteiger partial charge is 0.476 e. The van der Waals surface area contributed by atoms with Crippen LogP contribution in [0.1, 0.15) is 16.1 Å². The minimum atomic E-state index is -1.10. The van der Waals surface area contributed by atoms with E-state index in [2.05, 4.69) is 5.10 Å². The molecule has 0 atom stereocenters. The van der Waals surface area contributed by atoms with Crippen LogP contribution in [0.4, 0.5) is 10.1 Å². The second-order valence-corrected chi connectivity index (χ2v) is 6.05. The van der Waals surface area contributed by atoms with Gasteiger partial charge in [0.05, 0.1) is 12.1 Å². The van der Waals surface area contributed by atoms with Gasteiger partial charge in [-0.1, -0.05) is 17.7 Å². The van der Waals surface area contributed by atoms with Crippen LogP contribution in [0.2, 0.25) is 5.02 Å². The van der Waals surface area contributed by atoms with Crippen molar-refractivity contribution in [3.05, 3.63) is 58.5 Å². The Morgan fingerprint density at radius 2 is 2.04 bits per heavy atom. The maximum Gasteiger partial charge on any atom is 0.357 e. The SMILES string of the molecule is CN(C)c1ccc2c(C(=O)O)nn(Cc3ccc(F)cc3Cl)c2c1. The van der Waals surface area contributed by atoms with E-state index in [9.17, 15) is 14.3 Å². The quantitative estimate of drug-likeness (QED) is 0.782. The van der Waals surface area contributed by atoms with Gasteiger partial charge in [-0.15, -0.1) is 0 Å². The average Bonchev–Trinajstić information content (AvgIpc) is 2.88. The molecule has 1 N–H and O–H groups in total. The van der Waals surface area contributed by atoms with Crippen LogP contribution in [0.5, 0.6) is 0 Å². The van der Waals surface area contributed by atoms with Gasteiger partial charge in [0.25, 0.3) is 0 Å². The fraction of sp³-hybridized carbons (Fsp3) is 0.176. The lowest BCUT2D eigenvalue weighted by atomic mass is 10.1. The summed E-state index contributed by atoms with van der Waals surface area (Å²) in [4.78, 5) is 13.4. The summed E-state index contributed by atoms with van der Waals surface area (Å²) in [7, 11) is 3.80. The second kappa shape index (κ2) is 6.13. The number of aromatic carboxylic acids is 1. The van der Waals surface area contributed by atoms with Crippen LogP contribution in [-0.4, -0.2) is 35.0 Å². The van der Waals surface area contributed by atoms with Crippen molar-refractivity contribution in [2.75, 3.05) is 19.0 Å². The molecule has 0 bridgehead atoms. The number of hydrogen-bond acceptors (Lipinski definition) is 3. The highest BCUT2D eigenvalue weighted by Gasteiger charge is 2.18. The molecule has 0 aliphatic heterocycles. The lowest BCUT2D eigenvalue weighted by Crippen LogP contribution is -2.09. The monoisotopic (exact) mass is 347 g/mol. The third-order valence-corrected chi connectivity index (χ3v) is 4.14. The molecule has 0 aliphatic carbocycles. The van der Waals surface area contributed by atoms with E-state index in [0.29, 0.717) is 16.5 Å². The summed E-state index contributed by atoms with van der Waals surface area (Å²) >= 11 is 6.08. The summed E-state index contributed by atoms with van der Waals surface area (Å²) in [5.74, 6) is -1.52. The molecule has 1 aromatic heterocycles. The van der Waals surface area contributed by atoms with Gasteiger partial charge in [-0.05, 0) is 35.9 Å². The lowest BCUT2D eigenvalue weighted by Gasteiger charge is -2.13. The van der Waals surface area contributed by atoms with E-state index < -0.39 is 11.8 Å². The Morgan fingerprint density at radius 1 is 1.29 bits per heavy atom. The predicted octanol–water partition coefficient (Wildman–Crippen LogP) is 3.64. The van der Waals surface area contributed by atoms with Crippen molar-refractivity contribution in [1.29, 1.82) is 0 Å². The minimum absolute atomic E-state index is 0.0199. The molecule has 3 aromatic rings. The fourth-order valence-corrected chi connectivity index (χ4v) is 2.76. The molecule has 0 radical (unpaired) electrons. The molecule has 3 rings (SSSR count). The van der Waals surface area contributed by atoms with E-state index in [0.717, 1.165) is 5.69 Å². The van der Waals surface area contributed by atoms with E-state index >= 15 is 0 Å². The van der Waals surface area contributed by atoms with Gasteiger partial charge >= 0.3 is 5.97 Å². The topological polar surface area (TPSA) is 58.4 Å². The number of rotatable bonds is 4. The molecule has 124 valence electrons. The zero-order chi connectivity index (χ0) is 17.4. The summed E-state index contributed by atoms with van der Waals surface area (Å²) in [6.45, 7) is 0.250. The van der Waals surface area contributed by atoms with Crippen LogP contribution < -0.4 is 4.90 Å². The molecular formula is C17H15ClFN3O2. The van der Waals surface area contributed by atoms with Crippen molar-refractivity contribution in [1.82, 2.24) is 9.78 Å². The van der Waals surface area contributed by atoms with Crippen molar-refractivity contribution in [2.45, 2.75) is 6.54 Å². The molecule has 5 nitrogen and oxygen atoms in total. The molecular weight excluding hydrogens is 333 g/mol. The van der Waals surface area contributed by atoms with Gasteiger partial charge in [-0.3, -0.25) is 4.68 Å². The van der Waals surface area contributed by atoms with E-state index in [1.165, 1.54) is 12.1 Å². The van der Waals surface area contributed by atoms with Gasteiger partial charge < -0.3 is 10.0 Å². The average molecular weight is 348 g/mol. The Morgan fingerprint density at radius 3 is 2.67 bits per heavy atom. The number of anilines is 1. The van der Waals surface area contributed by atoms with Crippen molar-refractivity contribution in [3.8, 4) is 0 Å². The summed E-state index contributed by atoms with van der Waals surface area (Å²) in [5.41, 5.74) is 2.24. The number of nitrogens with zero attached hydrogens (tertiary/aromatic N) is 3. The van der Waals surface area contributed by atoms with Gasteiger partial charge in [0.2, 0.25) is 0 Å². The number of fused-ring (bicyclic) bond motifs is 1. The first-order chi connectivity index (χ1) is 11.4. The summed E-state index contributed by atoms with van der Waals surface area (Å²) in [6.07, 6.45) is 0. The number of carbonyl (C=O) groups is 1. The van der Waals surface area contributed by atoms with E-state index in [4.69, 9.17) is 11.6 Å². The van der Waals surface area contributed by atoms with Crippen LogP contribution in [0.25, 0.3) is 10.9 Å². The van der Waals surface area contributed by atoms with Crippen LogP contribution >= 0.6 is 11.6 Å².